The molecule has 0 bridgehead atoms. The van der Waals surface area contributed by atoms with Crippen molar-refractivity contribution in [2.45, 2.75) is 40.3 Å². The topological polar surface area (TPSA) is 47.3 Å². The van der Waals surface area contributed by atoms with E-state index in [9.17, 15) is 0 Å². The molecule has 0 saturated carbocycles. The van der Waals surface area contributed by atoms with E-state index in [2.05, 4.69) is 29.5 Å². The summed E-state index contributed by atoms with van der Waals surface area (Å²) in [6.07, 6.45) is 0. The fourth-order valence-electron chi connectivity index (χ4n) is 2.39. The molecule has 1 aromatic heterocycles. The lowest BCUT2D eigenvalue weighted by Gasteiger charge is -2.14. The lowest BCUT2D eigenvalue weighted by Crippen LogP contribution is -2.19. The number of hydrogen-bond donors (Lipinski definition) is 1. The summed E-state index contributed by atoms with van der Waals surface area (Å²) in [7, 11) is 0. The van der Waals surface area contributed by atoms with Gasteiger partial charge in [-0.15, -0.1) is 0 Å². The molecule has 0 aliphatic rings. The van der Waals surface area contributed by atoms with Gasteiger partial charge in [-0.2, -0.15) is 0 Å². The van der Waals surface area contributed by atoms with Crippen molar-refractivity contribution < 1.29 is 9.26 Å². The molecule has 1 unspecified atom stereocenters. The molecule has 1 heterocycles. The Bertz CT molecular complexity index is 544. The Labute approximate surface area is 120 Å². The Hall–Kier alpha value is -1.81. The summed E-state index contributed by atoms with van der Waals surface area (Å²) in [4.78, 5) is 0. The average molecular weight is 274 g/mol. The molecule has 4 heteroatoms. The van der Waals surface area contributed by atoms with E-state index in [0.717, 1.165) is 29.3 Å². The maximum Gasteiger partial charge on any atom is 0.138 e. The second-order valence-electron chi connectivity index (χ2n) is 4.92. The quantitative estimate of drug-likeness (QED) is 0.875. The Balaban J connectivity index is 2.00. The molecule has 1 aromatic carbocycles. The number of aryl methyl sites for hydroxylation is 2. The van der Waals surface area contributed by atoms with Crippen molar-refractivity contribution in [2.24, 2.45) is 0 Å². The Morgan fingerprint density at radius 2 is 2.15 bits per heavy atom. The molecular formula is C16H22N2O2. The maximum atomic E-state index is 5.51. The number of ether oxygens (including phenoxy) is 1. The Kier molecular flexibility index (Phi) is 4.79. The molecule has 2 aromatic rings. The van der Waals surface area contributed by atoms with E-state index in [0.29, 0.717) is 6.61 Å². The molecule has 1 atom stereocenters. The van der Waals surface area contributed by atoms with E-state index in [-0.39, 0.29) is 6.04 Å². The number of benzene rings is 1. The van der Waals surface area contributed by atoms with Crippen LogP contribution in [0, 0.1) is 13.8 Å². The second kappa shape index (κ2) is 6.57. The van der Waals surface area contributed by atoms with Crippen LogP contribution in [0.3, 0.4) is 0 Å². The molecule has 20 heavy (non-hydrogen) atoms. The van der Waals surface area contributed by atoms with Crippen molar-refractivity contribution in [3.63, 3.8) is 0 Å². The first-order valence-corrected chi connectivity index (χ1v) is 6.99. The predicted octanol–water partition coefficient (Wildman–Crippen LogP) is 3.54. The van der Waals surface area contributed by atoms with Crippen molar-refractivity contribution in [3.8, 4) is 5.75 Å². The summed E-state index contributed by atoms with van der Waals surface area (Å²) in [5, 5.41) is 7.49. The van der Waals surface area contributed by atoms with Crippen LogP contribution < -0.4 is 10.1 Å². The smallest absolute Gasteiger partial charge is 0.138 e. The zero-order chi connectivity index (χ0) is 14.5. The van der Waals surface area contributed by atoms with Crippen molar-refractivity contribution in [1.29, 1.82) is 0 Å². The van der Waals surface area contributed by atoms with Gasteiger partial charge in [0.25, 0.3) is 0 Å². The molecule has 0 fully saturated rings. The van der Waals surface area contributed by atoms with Crippen LogP contribution in [0.4, 0.5) is 0 Å². The zero-order valence-electron chi connectivity index (χ0n) is 12.6. The third kappa shape index (κ3) is 3.39. The van der Waals surface area contributed by atoms with Gasteiger partial charge in [-0.25, -0.2) is 0 Å². The van der Waals surface area contributed by atoms with Crippen LogP contribution in [0.1, 0.15) is 42.5 Å². The molecule has 2 rings (SSSR count). The highest BCUT2D eigenvalue weighted by molar-refractivity contribution is 5.29. The highest BCUT2D eigenvalue weighted by atomic mass is 16.5. The lowest BCUT2D eigenvalue weighted by atomic mass is 10.1. The first kappa shape index (κ1) is 14.6. The summed E-state index contributed by atoms with van der Waals surface area (Å²) < 4.78 is 10.7. The molecule has 0 aliphatic heterocycles. The van der Waals surface area contributed by atoms with Gasteiger partial charge in [-0.05, 0) is 45.4 Å². The lowest BCUT2D eigenvalue weighted by molar-refractivity contribution is 0.339. The molecule has 108 valence electrons. The van der Waals surface area contributed by atoms with E-state index in [1.54, 1.807) is 0 Å². The minimum Gasteiger partial charge on any atom is -0.494 e. The number of nitrogens with one attached hydrogen (secondary N) is 1. The van der Waals surface area contributed by atoms with Crippen molar-refractivity contribution in [2.75, 3.05) is 6.61 Å². The summed E-state index contributed by atoms with van der Waals surface area (Å²) in [5.74, 6) is 1.79. The highest BCUT2D eigenvalue weighted by Crippen LogP contribution is 2.21. The van der Waals surface area contributed by atoms with Crippen molar-refractivity contribution in [3.05, 3.63) is 46.8 Å². The van der Waals surface area contributed by atoms with E-state index in [1.165, 1.54) is 5.56 Å². The van der Waals surface area contributed by atoms with Gasteiger partial charge in [0.05, 0.1) is 12.3 Å². The fraction of sp³-hybridized carbons (Fsp3) is 0.438. The normalized spacial score (nSPS) is 12.4. The third-order valence-corrected chi connectivity index (χ3v) is 3.34. The number of aromatic nitrogens is 1. The molecular weight excluding hydrogens is 252 g/mol. The molecule has 4 nitrogen and oxygen atoms in total. The van der Waals surface area contributed by atoms with E-state index >= 15 is 0 Å². The van der Waals surface area contributed by atoms with Gasteiger partial charge in [0.15, 0.2) is 0 Å². The molecule has 1 N–H and O–H groups in total. The summed E-state index contributed by atoms with van der Waals surface area (Å²) in [6.45, 7) is 9.50. The van der Waals surface area contributed by atoms with Crippen LogP contribution in [-0.4, -0.2) is 11.8 Å². The zero-order valence-corrected chi connectivity index (χ0v) is 12.6. The van der Waals surface area contributed by atoms with E-state index in [1.807, 2.05) is 32.9 Å². The molecule has 0 spiro atoms. The van der Waals surface area contributed by atoms with Crippen LogP contribution in [-0.2, 0) is 6.54 Å². The minimum absolute atomic E-state index is 0.206. The van der Waals surface area contributed by atoms with Crippen molar-refractivity contribution >= 4 is 0 Å². The Morgan fingerprint density at radius 3 is 2.80 bits per heavy atom. The first-order valence-electron chi connectivity index (χ1n) is 6.99. The van der Waals surface area contributed by atoms with Crippen LogP contribution >= 0.6 is 0 Å². The number of hydrogen-bond acceptors (Lipinski definition) is 4. The second-order valence-corrected chi connectivity index (χ2v) is 4.92. The molecule has 0 amide bonds. The Morgan fingerprint density at radius 1 is 1.35 bits per heavy atom. The van der Waals surface area contributed by atoms with Crippen LogP contribution in [0.5, 0.6) is 5.75 Å². The van der Waals surface area contributed by atoms with E-state index in [4.69, 9.17) is 9.26 Å². The monoisotopic (exact) mass is 274 g/mol. The summed E-state index contributed by atoms with van der Waals surface area (Å²) in [5.41, 5.74) is 3.30. The van der Waals surface area contributed by atoms with Gasteiger partial charge >= 0.3 is 0 Å². The number of nitrogens with zero attached hydrogens (tertiary/aromatic N) is 1. The van der Waals surface area contributed by atoms with Gasteiger partial charge in [-0.3, -0.25) is 0 Å². The van der Waals surface area contributed by atoms with Crippen LogP contribution in [0.2, 0.25) is 0 Å². The van der Waals surface area contributed by atoms with E-state index < -0.39 is 0 Å². The van der Waals surface area contributed by atoms with Crippen molar-refractivity contribution in [1.82, 2.24) is 10.5 Å². The summed E-state index contributed by atoms with van der Waals surface area (Å²) >= 11 is 0. The molecule has 0 saturated heterocycles. The maximum absolute atomic E-state index is 5.51. The highest BCUT2D eigenvalue weighted by Gasteiger charge is 2.15. The largest absolute Gasteiger partial charge is 0.494 e. The fourth-order valence-corrected chi connectivity index (χ4v) is 2.39. The minimum atomic E-state index is 0.206. The third-order valence-electron chi connectivity index (χ3n) is 3.34. The molecule has 0 aliphatic carbocycles. The van der Waals surface area contributed by atoms with Gasteiger partial charge < -0.3 is 14.6 Å². The molecule has 0 radical (unpaired) electrons. The predicted molar refractivity (Wildman–Crippen MR) is 78.8 cm³/mol. The van der Waals surface area contributed by atoms with Gasteiger partial charge in [0.2, 0.25) is 0 Å². The number of rotatable bonds is 6. The van der Waals surface area contributed by atoms with Gasteiger partial charge in [0.1, 0.15) is 11.5 Å². The van der Waals surface area contributed by atoms with Crippen LogP contribution in [0.25, 0.3) is 0 Å². The first-order chi connectivity index (χ1) is 9.61. The summed E-state index contributed by atoms with van der Waals surface area (Å²) in [6, 6.07) is 8.36. The van der Waals surface area contributed by atoms with Gasteiger partial charge in [-0.1, -0.05) is 17.3 Å². The van der Waals surface area contributed by atoms with Gasteiger partial charge in [0, 0.05) is 18.2 Å². The SMILES string of the molecule is CCOc1cccc(CNC(C)c2c(C)noc2C)c1. The van der Waals surface area contributed by atoms with Crippen LogP contribution in [0.15, 0.2) is 28.8 Å². The average Bonchev–Trinajstić information content (AvgIpc) is 2.76. The standard InChI is InChI=1S/C16H22N2O2/c1-5-19-15-8-6-7-14(9-15)10-17-11(2)16-12(3)18-20-13(16)4/h6-9,11,17H,5,10H2,1-4H3.